The van der Waals surface area contributed by atoms with Gasteiger partial charge in [0.25, 0.3) is 5.91 Å². The fourth-order valence-electron chi connectivity index (χ4n) is 3.82. The van der Waals surface area contributed by atoms with Crippen molar-refractivity contribution in [2.45, 2.75) is 57.7 Å². The summed E-state index contributed by atoms with van der Waals surface area (Å²) >= 11 is 12.1. The third-order valence-electron chi connectivity index (χ3n) is 5.45. The third-order valence-corrected chi connectivity index (χ3v) is 6.19. The molecular weight excluding hydrogens is 389 g/mol. The topological polar surface area (TPSA) is 78.5 Å². The Morgan fingerprint density at radius 3 is 2.41 bits per heavy atom. The van der Waals surface area contributed by atoms with Gasteiger partial charge < -0.3 is 10.2 Å². The molecule has 0 aromatic heterocycles. The van der Waals surface area contributed by atoms with Gasteiger partial charge >= 0.3 is 6.03 Å². The molecule has 0 atom stereocenters. The summed E-state index contributed by atoms with van der Waals surface area (Å²) in [6, 6.07) is 4.95. The minimum absolute atomic E-state index is 0.0253. The van der Waals surface area contributed by atoms with Crippen molar-refractivity contribution >= 4 is 41.0 Å². The number of carbonyl (C=O) groups excluding carboxylic acids is 3. The molecular formula is C19H23Cl2N3O3. The van der Waals surface area contributed by atoms with Crippen LogP contribution in [0.25, 0.3) is 0 Å². The number of nitrogens with zero attached hydrogens (tertiary/aromatic N) is 1. The second-order valence-corrected chi connectivity index (χ2v) is 8.39. The summed E-state index contributed by atoms with van der Waals surface area (Å²) in [5.74, 6) is -0.378. The maximum Gasteiger partial charge on any atom is 0.322 e. The molecule has 1 heterocycles. The van der Waals surface area contributed by atoms with E-state index in [9.17, 15) is 14.4 Å². The standard InChI is InChI=1S/C19H23Cl2N3O3/c1-11(2)24(10-12-3-4-14(20)15(21)9-12)16(25)13-5-7-19(8-6-13)17(26)22-18(27)23-19/h3-4,9,11,13H,5-8,10H2,1-2H3,(H2,22,23,26,27). The predicted molar refractivity (Wildman–Crippen MR) is 104 cm³/mol. The van der Waals surface area contributed by atoms with Crippen molar-refractivity contribution in [2.75, 3.05) is 0 Å². The van der Waals surface area contributed by atoms with E-state index in [1.807, 2.05) is 24.8 Å². The number of urea groups is 1. The van der Waals surface area contributed by atoms with E-state index in [2.05, 4.69) is 10.6 Å². The van der Waals surface area contributed by atoms with E-state index >= 15 is 0 Å². The summed E-state index contributed by atoms with van der Waals surface area (Å²) in [7, 11) is 0. The Kier molecular flexibility index (Phi) is 5.68. The zero-order valence-electron chi connectivity index (χ0n) is 15.4. The highest BCUT2D eigenvalue weighted by Gasteiger charge is 2.49. The quantitative estimate of drug-likeness (QED) is 0.744. The molecule has 1 saturated heterocycles. The first kappa shape index (κ1) is 20.0. The van der Waals surface area contributed by atoms with Crippen LogP contribution in [0.15, 0.2) is 18.2 Å². The molecule has 1 spiro atoms. The molecule has 2 N–H and O–H groups in total. The third kappa shape index (κ3) is 4.06. The lowest BCUT2D eigenvalue weighted by molar-refractivity contribution is -0.140. The summed E-state index contributed by atoms with van der Waals surface area (Å²) in [5.41, 5.74) is 0.0707. The van der Waals surface area contributed by atoms with Crippen LogP contribution < -0.4 is 10.6 Å². The molecule has 4 amide bonds. The van der Waals surface area contributed by atoms with E-state index in [1.54, 1.807) is 12.1 Å². The van der Waals surface area contributed by atoms with Crippen LogP contribution in [0.2, 0.25) is 10.0 Å². The average Bonchev–Trinajstić information content (AvgIpc) is 2.88. The van der Waals surface area contributed by atoms with Crippen molar-refractivity contribution in [3.8, 4) is 0 Å². The van der Waals surface area contributed by atoms with E-state index in [1.165, 1.54) is 0 Å². The molecule has 0 bridgehead atoms. The molecule has 8 heteroatoms. The van der Waals surface area contributed by atoms with Crippen LogP contribution in [-0.2, 0) is 16.1 Å². The lowest BCUT2D eigenvalue weighted by Gasteiger charge is -2.37. The molecule has 6 nitrogen and oxygen atoms in total. The summed E-state index contributed by atoms with van der Waals surface area (Å²) < 4.78 is 0. The number of imide groups is 1. The molecule has 0 radical (unpaired) electrons. The minimum atomic E-state index is -0.847. The summed E-state index contributed by atoms with van der Waals surface area (Å²) in [6.07, 6.45) is 2.08. The first-order valence-corrected chi connectivity index (χ1v) is 9.85. The van der Waals surface area contributed by atoms with E-state index in [0.717, 1.165) is 5.56 Å². The van der Waals surface area contributed by atoms with Crippen LogP contribution in [0, 0.1) is 5.92 Å². The largest absolute Gasteiger partial charge is 0.336 e. The van der Waals surface area contributed by atoms with Gasteiger partial charge in [0.2, 0.25) is 5.91 Å². The normalized spacial score (nSPS) is 24.9. The smallest absolute Gasteiger partial charge is 0.322 e. The van der Waals surface area contributed by atoms with Gasteiger partial charge in [-0.15, -0.1) is 0 Å². The van der Waals surface area contributed by atoms with Gasteiger partial charge in [0.15, 0.2) is 0 Å². The lowest BCUT2D eigenvalue weighted by Crippen LogP contribution is -2.51. The number of halogens is 2. The van der Waals surface area contributed by atoms with Gasteiger partial charge in [-0.1, -0.05) is 29.3 Å². The molecule has 1 aliphatic carbocycles. The molecule has 1 aromatic rings. The Bertz CT molecular complexity index is 773. The minimum Gasteiger partial charge on any atom is -0.336 e. The van der Waals surface area contributed by atoms with Crippen LogP contribution in [-0.4, -0.2) is 34.3 Å². The molecule has 3 rings (SSSR count). The highest BCUT2D eigenvalue weighted by molar-refractivity contribution is 6.42. The zero-order chi connectivity index (χ0) is 19.8. The Morgan fingerprint density at radius 1 is 1.22 bits per heavy atom. The van der Waals surface area contributed by atoms with Gasteiger partial charge in [0.05, 0.1) is 10.0 Å². The fraction of sp³-hybridized carbons (Fsp3) is 0.526. The number of carbonyl (C=O) groups is 3. The van der Waals surface area contributed by atoms with Crippen molar-refractivity contribution in [3.05, 3.63) is 33.8 Å². The van der Waals surface area contributed by atoms with Gasteiger partial charge in [-0.2, -0.15) is 0 Å². The first-order valence-electron chi connectivity index (χ1n) is 9.10. The van der Waals surface area contributed by atoms with Crippen LogP contribution in [0.5, 0.6) is 0 Å². The first-order chi connectivity index (χ1) is 12.7. The molecule has 2 aliphatic rings. The highest BCUT2D eigenvalue weighted by Crippen LogP contribution is 2.35. The molecule has 0 unspecified atom stereocenters. The summed E-state index contributed by atoms with van der Waals surface area (Å²) in [4.78, 5) is 38.5. The van der Waals surface area contributed by atoms with Crippen molar-refractivity contribution in [2.24, 2.45) is 5.92 Å². The average molecular weight is 412 g/mol. The molecule has 146 valence electrons. The number of rotatable bonds is 4. The Morgan fingerprint density at radius 2 is 1.89 bits per heavy atom. The number of nitrogens with one attached hydrogen (secondary N) is 2. The van der Waals surface area contributed by atoms with E-state index < -0.39 is 11.6 Å². The van der Waals surface area contributed by atoms with E-state index in [0.29, 0.717) is 42.3 Å². The second kappa shape index (κ2) is 7.68. The predicted octanol–water partition coefficient (Wildman–Crippen LogP) is 3.50. The molecule has 1 saturated carbocycles. The monoisotopic (exact) mass is 411 g/mol. The van der Waals surface area contributed by atoms with Crippen LogP contribution in [0.3, 0.4) is 0 Å². The van der Waals surface area contributed by atoms with Crippen molar-refractivity contribution in [1.29, 1.82) is 0 Å². The van der Waals surface area contributed by atoms with Crippen LogP contribution in [0.1, 0.15) is 45.1 Å². The Hall–Kier alpha value is -1.79. The second-order valence-electron chi connectivity index (χ2n) is 7.57. The maximum atomic E-state index is 13.1. The SMILES string of the molecule is CC(C)N(Cc1ccc(Cl)c(Cl)c1)C(=O)C1CCC2(CC1)NC(=O)NC2=O. The zero-order valence-corrected chi connectivity index (χ0v) is 16.9. The number of hydrogen-bond acceptors (Lipinski definition) is 3. The van der Waals surface area contributed by atoms with E-state index in [4.69, 9.17) is 23.2 Å². The number of hydrogen-bond donors (Lipinski definition) is 2. The van der Waals surface area contributed by atoms with Crippen molar-refractivity contribution in [1.82, 2.24) is 15.5 Å². The van der Waals surface area contributed by atoms with Gasteiger partial charge in [-0.3, -0.25) is 14.9 Å². The van der Waals surface area contributed by atoms with Crippen LogP contribution in [0.4, 0.5) is 4.79 Å². The number of benzene rings is 1. The van der Waals surface area contributed by atoms with Crippen molar-refractivity contribution < 1.29 is 14.4 Å². The van der Waals surface area contributed by atoms with Gasteiger partial charge in [-0.05, 0) is 57.2 Å². The van der Waals surface area contributed by atoms with Gasteiger partial charge in [0.1, 0.15) is 5.54 Å². The van der Waals surface area contributed by atoms with Gasteiger partial charge in [0, 0.05) is 18.5 Å². The molecule has 27 heavy (non-hydrogen) atoms. The number of amides is 4. The van der Waals surface area contributed by atoms with E-state index in [-0.39, 0.29) is 23.8 Å². The summed E-state index contributed by atoms with van der Waals surface area (Å²) in [5, 5.41) is 5.98. The van der Waals surface area contributed by atoms with Crippen LogP contribution >= 0.6 is 23.2 Å². The fourth-order valence-corrected chi connectivity index (χ4v) is 4.14. The molecule has 2 fully saturated rings. The Labute approximate surface area is 168 Å². The lowest BCUT2D eigenvalue weighted by atomic mass is 9.76. The Balaban J connectivity index is 1.68. The summed E-state index contributed by atoms with van der Waals surface area (Å²) in [6.45, 7) is 4.40. The van der Waals surface area contributed by atoms with Gasteiger partial charge in [-0.25, -0.2) is 4.79 Å². The molecule has 1 aliphatic heterocycles. The maximum absolute atomic E-state index is 13.1. The highest BCUT2D eigenvalue weighted by atomic mass is 35.5. The molecule has 1 aromatic carbocycles. The van der Waals surface area contributed by atoms with Crippen molar-refractivity contribution in [3.63, 3.8) is 0 Å².